The van der Waals surface area contributed by atoms with Gasteiger partial charge in [-0.15, -0.1) is 0 Å². The molecule has 0 radical (unpaired) electrons. The van der Waals surface area contributed by atoms with Crippen molar-refractivity contribution in [2.45, 2.75) is 6.42 Å². The second-order valence-electron chi connectivity index (χ2n) is 3.76. The molecule has 0 aromatic carbocycles. The van der Waals surface area contributed by atoms with Crippen LogP contribution in [0.25, 0.3) is 0 Å². The largest absolute Gasteiger partial charge is 0.481 e. The third-order valence-corrected chi connectivity index (χ3v) is 2.51. The summed E-state index contributed by atoms with van der Waals surface area (Å²) in [5.41, 5.74) is 0.148. The van der Waals surface area contributed by atoms with Gasteiger partial charge in [0.2, 0.25) is 0 Å². The molecule has 1 aromatic rings. The first-order chi connectivity index (χ1) is 8.34. The molecule has 0 atom stereocenters. The van der Waals surface area contributed by atoms with E-state index in [9.17, 15) is 19.7 Å². The van der Waals surface area contributed by atoms with Crippen LogP contribution in [0.15, 0.2) is 12.1 Å². The van der Waals surface area contributed by atoms with Crippen LogP contribution < -0.4 is 0 Å². The Hall–Kier alpha value is -2.38. The number of aromatic nitrogens is 1. The third kappa shape index (κ3) is 2.84. The lowest BCUT2D eigenvalue weighted by molar-refractivity contribution is -0.391. The average Bonchev–Trinajstić information content (AvgIpc) is 2.66. The first kappa shape index (κ1) is 13.7. The number of carboxylic acid groups (broad SMARTS) is 1. The Bertz CT molecular complexity index is 494. The van der Waals surface area contributed by atoms with Gasteiger partial charge in [0.25, 0.3) is 5.91 Å². The number of carboxylic acids is 1. The van der Waals surface area contributed by atoms with E-state index in [0.717, 1.165) is 0 Å². The van der Waals surface area contributed by atoms with Gasteiger partial charge in [-0.2, -0.15) is 0 Å². The van der Waals surface area contributed by atoms with Crippen LogP contribution in [0.3, 0.4) is 0 Å². The van der Waals surface area contributed by atoms with Crippen molar-refractivity contribution in [2.24, 2.45) is 7.05 Å². The Morgan fingerprint density at radius 1 is 1.50 bits per heavy atom. The van der Waals surface area contributed by atoms with Gasteiger partial charge >= 0.3 is 11.8 Å². The van der Waals surface area contributed by atoms with E-state index in [4.69, 9.17) is 5.11 Å². The molecule has 18 heavy (non-hydrogen) atoms. The van der Waals surface area contributed by atoms with Crippen LogP contribution in [0.2, 0.25) is 0 Å². The summed E-state index contributed by atoms with van der Waals surface area (Å²) in [5, 5.41) is 19.1. The highest BCUT2D eigenvalue weighted by molar-refractivity contribution is 5.93. The second-order valence-corrected chi connectivity index (χ2v) is 3.76. The molecular weight excluding hydrogens is 242 g/mol. The fourth-order valence-electron chi connectivity index (χ4n) is 1.46. The number of rotatable bonds is 5. The molecule has 8 nitrogen and oxygen atoms in total. The van der Waals surface area contributed by atoms with Gasteiger partial charge in [-0.05, 0) is 11.0 Å². The summed E-state index contributed by atoms with van der Waals surface area (Å²) in [4.78, 5) is 33.5. The number of nitro groups is 1. The zero-order chi connectivity index (χ0) is 13.9. The van der Waals surface area contributed by atoms with Crippen LogP contribution in [-0.2, 0) is 11.8 Å². The minimum Gasteiger partial charge on any atom is -0.481 e. The maximum absolute atomic E-state index is 11.9. The molecule has 98 valence electrons. The number of hydrogen-bond donors (Lipinski definition) is 1. The topological polar surface area (TPSA) is 106 Å². The minimum atomic E-state index is -1.01. The summed E-state index contributed by atoms with van der Waals surface area (Å²) >= 11 is 0. The normalized spacial score (nSPS) is 10.1. The van der Waals surface area contributed by atoms with Gasteiger partial charge < -0.3 is 20.1 Å². The molecule has 0 aliphatic rings. The molecule has 0 aliphatic carbocycles. The molecule has 0 fully saturated rings. The molecule has 0 spiro atoms. The highest BCUT2D eigenvalue weighted by Crippen LogP contribution is 2.16. The van der Waals surface area contributed by atoms with Gasteiger partial charge in [0.1, 0.15) is 0 Å². The Balaban J connectivity index is 2.84. The van der Waals surface area contributed by atoms with E-state index in [1.165, 1.54) is 35.7 Å². The van der Waals surface area contributed by atoms with Crippen LogP contribution in [0.5, 0.6) is 0 Å². The lowest BCUT2D eigenvalue weighted by Crippen LogP contribution is -2.30. The van der Waals surface area contributed by atoms with Crippen molar-refractivity contribution in [3.05, 3.63) is 27.9 Å². The number of aliphatic carboxylic acids is 1. The summed E-state index contributed by atoms with van der Waals surface area (Å²) in [5.74, 6) is -1.65. The lowest BCUT2D eigenvalue weighted by Gasteiger charge is -2.14. The van der Waals surface area contributed by atoms with E-state index < -0.39 is 16.8 Å². The van der Waals surface area contributed by atoms with Crippen molar-refractivity contribution in [2.75, 3.05) is 13.6 Å². The molecule has 1 N–H and O–H groups in total. The maximum Gasteiger partial charge on any atom is 0.323 e. The molecule has 0 bridgehead atoms. The van der Waals surface area contributed by atoms with Crippen molar-refractivity contribution in [3.63, 3.8) is 0 Å². The average molecular weight is 255 g/mol. The van der Waals surface area contributed by atoms with E-state index in [1.54, 1.807) is 0 Å². The van der Waals surface area contributed by atoms with Gasteiger partial charge in [-0.25, -0.2) is 4.57 Å². The standard InChI is InChI=1S/C10H13N3O5/c1-11(6-5-9(14)15)10(16)7-3-4-8(12(7)2)13(17)18/h3-4H,5-6H2,1-2H3,(H,14,15). The van der Waals surface area contributed by atoms with Crippen LogP contribution >= 0.6 is 0 Å². The van der Waals surface area contributed by atoms with Crippen molar-refractivity contribution >= 4 is 17.7 Å². The summed E-state index contributed by atoms with van der Waals surface area (Å²) in [7, 11) is 2.86. The van der Waals surface area contributed by atoms with Crippen LogP contribution in [0.4, 0.5) is 5.82 Å². The summed E-state index contributed by atoms with van der Waals surface area (Å²) in [6.45, 7) is 0.0488. The third-order valence-electron chi connectivity index (χ3n) is 2.51. The predicted molar refractivity (Wildman–Crippen MR) is 61.3 cm³/mol. The summed E-state index contributed by atoms with van der Waals surface area (Å²) < 4.78 is 1.17. The summed E-state index contributed by atoms with van der Waals surface area (Å²) in [6, 6.07) is 2.58. The molecule has 0 saturated heterocycles. The zero-order valence-electron chi connectivity index (χ0n) is 9.99. The molecule has 1 amide bonds. The molecule has 8 heteroatoms. The van der Waals surface area contributed by atoms with E-state index in [2.05, 4.69) is 0 Å². The first-order valence-corrected chi connectivity index (χ1v) is 5.12. The quantitative estimate of drug-likeness (QED) is 0.608. The van der Waals surface area contributed by atoms with Gasteiger partial charge in [-0.1, -0.05) is 0 Å². The SMILES string of the molecule is CN(CCC(=O)O)C(=O)c1ccc([N+](=O)[O-])n1C. The lowest BCUT2D eigenvalue weighted by atomic mass is 10.3. The number of nitrogens with zero attached hydrogens (tertiary/aromatic N) is 3. The van der Waals surface area contributed by atoms with Crippen LogP contribution in [0.1, 0.15) is 16.9 Å². The number of amides is 1. The minimum absolute atomic E-state index is 0.0488. The Morgan fingerprint density at radius 2 is 2.11 bits per heavy atom. The molecule has 1 rings (SSSR count). The van der Waals surface area contributed by atoms with Gasteiger partial charge in [-0.3, -0.25) is 9.59 Å². The molecule has 1 heterocycles. The number of carbonyl (C=O) groups is 2. The Kier molecular flexibility index (Phi) is 4.03. The summed E-state index contributed by atoms with van der Waals surface area (Å²) in [6.07, 6.45) is -0.172. The smallest absolute Gasteiger partial charge is 0.323 e. The monoisotopic (exact) mass is 255 g/mol. The fourth-order valence-corrected chi connectivity index (χ4v) is 1.46. The molecule has 0 unspecified atom stereocenters. The number of hydrogen-bond acceptors (Lipinski definition) is 4. The van der Waals surface area contributed by atoms with E-state index in [0.29, 0.717) is 0 Å². The zero-order valence-corrected chi connectivity index (χ0v) is 9.99. The van der Waals surface area contributed by atoms with Crippen molar-refractivity contribution in [1.82, 2.24) is 9.47 Å². The fraction of sp³-hybridized carbons (Fsp3) is 0.400. The molecular formula is C10H13N3O5. The Morgan fingerprint density at radius 3 is 2.56 bits per heavy atom. The van der Waals surface area contributed by atoms with Crippen LogP contribution in [-0.4, -0.2) is 45.0 Å². The molecule has 1 aromatic heterocycles. The predicted octanol–water partition coefficient (Wildman–Crippen LogP) is 0.480. The van der Waals surface area contributed by atoms with Gasteiger partial charge in [0, 0.05) is 19.7 Å². The van der Waals surface area contributed by atoms with Crippen LogP contribution in [0, 0.1) is 10.1 Å². The number of carbonyl (C=O) groups excluding carboxylic acids is 1. The van der Waals surface area contributed by atoms with E-state index in [1.807, 2.05) is 0 Å². The van der Waals surface area contributed by atoms with Gasteiger partial charge in [0.15, 0.2) is 5.69 Å². The van der Waals surface area contributed by atoms with E-state index >= 15 is 0 Å². The highest BCUT2D eigenvalue weighted by Gasteiger charge is 2.23. The van der Waals surface area contributed by atoms with Crippen molar-refractivity contribution < 1.29 is 19.6 Å². The van der Waals surface area contributed by atoms with E-state index in [-0.39, 0.29) is 24.5 Å². The second kappa shape index (κ2) is 5.30. The first-order valence-electron chi connectivity index (χ1n) is 5.12. The molecule has 0 aliphatic heterocycles. The Labute approximate surface area is 103 Å². The molecule has 0 saturated carbocycles. The maximum atomic E-state index is 11.9. The highest BCUT2D eigenvalue weighted by atomic mass is 16.6. The van der Waals surface area contributed by atoms with Gasteiger partial charge in [0.05, 0.1) is 13.5 Å². The van der Waals surface area contributed by atoms with Crippen molar-refractivity contribution in [1.29, 1.82) is 0 Å². The van der Waals surface area contributed by atoms with Crippen molar-refractivity contribution in [3.8, 4) is 0 Å².